The second kappa shape index (κ2) is 11.1. The SMILES string of the molecule is CN=C(NCCc1nnc2ccccn12)N(C)CCOc1cccc(Cl)c1.I. The number of ether oxygens (including phenoxy) is 1. The Hall–Kier alpha value is -2.07. The fourth-order valence-electron chi connectivity index (χ4n) is 2.70. The molecular formula is C19H24ClIN6O. The van der Waals surface area contributed by atoms with Crippen molar-refractivity contribution in [2.24, 2.45) is 4.99 Å². The first kappa shape index (κ1) is 22.2. The molecule has 3 aromatic rings. The first-order chi connectivity index (χ1) is 13.2. The Bertz CT molecular complexity index is 916. The Kier molecular flexibility index (Phi) is 8.78. The van der Waals surface area contributed by atoms with Crippen LogP contribution < -0.4 is 10.1 Å². The lowest BCUT2D eigenvalue weighted by molar-refractivity contribution is 0.281. The molecule has 0 bridgehead atoms. The van der Waals surface area contributed by atoms with Gasteiger partial charge in [0.2, 0.25) is 0 Å². The van der Waals surface area contributed by atoms with E-state index in [0.29, 0.717) is 24.7 Å². The minimum atomic E-state index is 0. The van der Waals surface area contributed by atoms with E-state index < -0.39 is 0 Å². The third kappa shape index (κ3) is 5.96. The molecular weight excluding hydrogens is 491 g/mol. The van der Waals surface area contributed by atoms with Crippen LogP contribution in [0, 0.1) is 0 Å². The van der Waals surface area contributed by atoms with Gasteiger partial charge >= 0.3 is 0 Å². The molecule has 0 aliphatic rings. The largest absolute Gasteiger partial charge is 0.492 e. The maximum absolute atomic E-state index is 5.96. The zero-order valence-corrected chi connectivity index (χ0v) is 19.0. The van der Waals surface area contributed by atoms with Crippen LogP contribution in [0.4, 0.5) is 0 Å². The van der Waals surface area contributed by atoms with Gasteiger partial charge in [-0.3, -0.25) is 9.39 Å². The molecule has 0 atom stereocenters. The van der Waals surface area contributed by atoms with E-state index in [2.05, 4.69) is 20.5 Å². The number of nitrogens with one attached hydrogen (secondary N) is 1. The molecule has 9 heteroatoms. The maximum Gasteiger partial charge on any atom is 0.193 e. The van der Waals surface area contributed by atoms with Crippen molar-refractivity contribution in [3.8, 4) is 5.75 Å². The summed E-state index contributed by atoms with van der Waals surface area (Å²) in [5, 5.41) is 12.4. The van der Waals surface area contributed by atoms with Gasteiger partial charge in [0.25, 0.3) is 0 Å². The van der Waals surface area contributed by atoms with Crippen molar-refractivity contribution in [3.05, 3.63) is 59.5 Å². The Morgan fingerprint density at radius 3 is 2.89 bits per heavy atom. The van der Waals surface area contributed by atoms with Crippen molar-refractivity contribution in [2.45, 2.75) is 6.42 Å². The van der Waals surface area contributed by atoms with Gasteiger partial charge in [0, 0.05) is 38.3 Å². The van der Waals surface area contributed by atoms with Crippen LogP contribution in [0.1, 0.15) is 5.82 Å². The van der Waals surface area contributed by atoms with Gasteiger partial charge in [0.15, 0.2) is 11.6 Å². The molecule has 0 saturated heterocycles. The van der Waals surface area contributed by atoms with Gasteiger partial charge in [0.1, 0.15) is 18.2 Å². The molecule has 1 aromatic carbocycles. The van der Waals surface area contributed by atoms with Gasteiger partial charge < -0.3 is 15.0 Å². The van der Waals surface area contributed by atoms with Crippen molar-refractivity contribution >= 4 is 47.2 Å². The van der Waals surface area contributed by atoms with Crippen LogP contribution in [0.15, 0.2) is 53.7 Å². The molecule has 0 aliphatic heterocycles. The Balaban J connectivity index is 0.00000280. The molecule has 0 unspecified atom stereocenters. The lowest BCUT2D eigenvalue weighted by atomic mass is 10.3. The first-order valence-corrected chi connectivity index (χ1v) is 9.14. The van der Waals surface area contributed by atoms with Crippen molar-refractivity contribution in [3.63, 3.8) is 0 Å². The van der Waals surface area contributed by atoms with Crippen LogP contribution in [0.3, 0.4) is 0 Å². The lowest BCUT2D eigenvalue weighted by Gasteiger charge is -2.22. The lowest BCUT2D eigenvalue weighted by Crippen LogP contribution is -2.41. The summed E-state index contributed by atoms with van der Waals surface area (Å²) >= 11 is 5.96. The summed E-state index contributed by atoms with van der Waals surface area (Å²) in [5.41, 5.74) is 0.854. The monoisotopic (exact) mass is 514 g/mol. The Labute approximate surface area is 186 Å². The highest BCUT2D eigenvalue weighted by Crippen LogP contribution is 2.16. The van der Waals surface area contributed by atoms with Crippen molar-refractivity contribution in [1.29, 1.82) is 0 Å². The van der Waals surface area contributed by atoms with Gasteiger partial charge in [-0.05, 0) is 30.3 Å². The summed E-state index contributed by atoms with van der Waals surface area (Å²) in [5.74, 6) is 2.48. The molecule has 0 fully saturated rings. The molecule has 1 N–H and O–H groups in total. The molecule has 2 aromatic heterocycles. The summed E-state index contributed by atoms with van der Waals surface area (Å²) in [6.45, 7) is 1.94. The third-order valence-electron chi connectivity index (χ3n) is 4.08. The molecule has 0 aliphatic carbocycles. The van der Waals surface area contributed by atoms with Gasteiger partial charge in [0.05, 0.1) is 6.54 Å². The smallest absolute Gasteiger partial charge is 0.193 e. The molecule has 0 spiro atoms. The van der Waals surface area contributed by atoms with E-state index in [1.807, 2.05) is 58.9 Å². The van der Waals surface area contributed by atoms with Crippen LogP contribution in [-0.4, -0.2) is 59.2 Å². The highest BCUT2D eigenvalue weighted by atomic mass is 127. The fraction of sp³-hybridized carbons (Fsp3) is 0.316. The van der Waals surface area contributed by atoms with Gasteiger partial charge in [-0.1, -0.05) is 23.7 Å². The van der Waals surface area contributed by atoms with Gasteiger partial charge in [-0.15, -0.1) is 34.2 Å². The Morgan fingerprint density at radius 1 is 1.25 bits per heavy atom. The van der Waals surface area contributed by atoms with E-state index in [9.17, 15) is 0 Å². The molecule has 2 heterocycles. The highest BCUT2D eigenvalue weighted by molar-refractivity contribution is 14.0. The number of guanidine groups is 1. The number of aromatic nitrogens is 3. The number of fused-ring (bicyclic) bond motifs is 1. The van der Waals surface area contributed by atoms with Crippen LogP contribution in [0.25, 0.3) is 5.65 Å². The number of benzene rings is 1. The standard InChI is InChI=1S/C19H23ClN6O.HI/c1-21-19(25(2)12-13-27-16-7-5-6-15(20)14-16)22-10-9-18-24-23-17-8-3-4-11-26(17)18;/h3-8,11,14H,9-10,12-13H2,1-2H3,(H,21,22);1H. The minimum Gasteiger partial charge on any atom is -0.492 e. The normalized spacial score (nSPS) is 11.2. The number of aliphatic imine (C=N–C) groups is 1. The predicted molar refractivity (Wildman–Crippen MR) is 123 cm³/mol. The molecule has 0 radical (unpaired) electrons. The Morgan fingerprint density at radius 2 is 2.11 bits per heavy atom. The zero-order valence-electron chi connectivity index (χ0n) is 15.9. The molecule has 0 saturated carbocycles. The molecule has 150 valence electrons. The van der Waals surface area contributed by atoms with E-state index in [0.717, 1.165) is 29.6 Å². The number of hydrogen-bond donors (Lipinski definition) is 1. The third-order valence-corrected chi connectivity index (χ3v) is 4.32. The maximum atomic E-state index is 5.96. The summed E-state index contributed by atoms with van der Waals surface area (Å²) in [6.07, 6.45) is 2.72. The quantitative estimate of drug-likeness (QED) is 0.298. The topological polar surface area (TPSA) is 67.0 Å². The number of rotatable bonds is 7. The zero-order chi connectivity index (χ0) is 19.1. The minimum absolute atomic E-state index is 0. The van der Waals surface area contributed by atoms with Crippen LogP contribution >= 0.6 is 35.6 Å². The van der Waals surface area contributed by atoms with Gasteiger partial charge in [-0.25, -0.2) is 0 Å². The molecule has 3 rings (SSSR count). The predicted octanol–water partition coefficient (Wildman–Crippen LogP) is 3.13. The van der Waals surface area contributed by atoms with E-state index in [1.54, 1.807) is 13.1 Å². The van der Waals surface area contributed by atoms with Crippen molar-refractivity contribution < 1.29 is 4.74 Å². The van der Waals surface area contributed by atoms with Crippen LogP contribution in [0.5, 0.6) is 5.75 Å². The average molecular weight is 515 g/mol. The van der Waals surface area contributed by atoms with Crippen molar-refractivity contribution in [2.75, 3.05) is 33.8 Å². The summed E-state index contributed by atoms with van der Waals surface area (Å²) in [6, 6.07) is 13.3. The fourth-order valence-corrected chi connectivity index (χ4v) is 2.88. The molecule has 0 amide bonds. The number of nitrogens with zero attached hydrogens (tertiary/aromatic N) is 5. The number of hydrogen-bond acceptors (Lipinski definition) is 4. The van der Waals surface area contributed by atoms with Crippen LogP contribution in [0.2, 0.25) is 5.02 Å². The van der Waals surface area contributed by atoms with Gasteiger partial charge in [-0.2, -0.15) is 0 Å². The summed E-state index contributed by atoms with van der Waals surface area (Å²) < 4.78 is 7.73. The highest BCUT2D eigenvalue weighted by Gasteiger charge is 2.08. The molecule has 28 heavy (non-hydrogen) atoms. The van der Waals surface area contributed by atoms with E-state index in [-0.39, 0.29) is 24.0 Å². The average Bonchev–Trinajstić information content (AvgIpc) is 3.08. The summed E-state index contributed by atoms with van der Waals surface area (Å²) in [7, 11) is 3.74. The van der Waals surface area contributed by atoms with Crippen molar-refractivity contribution in [1.82, 2.24) is 24.8 Å². The van der Waals surface area contributed by atoms with E-state index in [4.69, 9.17) is 16.3 Å². The number of halogens is 2. The molecule has 7 nitrogen and oxygen atoms in total. The number of likely N-dealkylation sites (N-methyl/N-ethyl adjacent to an activating group) is 1. The second-order valence-electron chi connectivity index (χ2n) is 6.00. The first-order valence-electron chi connectivity index (χ1n) is 8.76. The summed E-state index contributed by atoms with van der Waals surface area (Å²) in [4.78, 5) is 6.34. The number of pyridine rings is 1. The van der Waals surface area contributed by atoms with E-state index >= 15 is 0 Å². The van der Waals surface area contributed by atoms with Crippen LogP contribution in [-0.2, 0) is 6.42 Å². The van der Waals surface area contributed by atoms with E-state index in [1.165, 1.54) is 0 Å². The second-order valence-corrected chi connectivity index (χ2v) is 6.43.